The average molecular weight is 396 g/mol. The predicted molar refractivity (Wildman–Crippen MR) is 106 cm³/mol. The Bertz CT molecular complexity index is 1120. The molecule has 6 nitrogen and oxygen atoms in total. The molecule has 0 spiro atoms. The second kappa shape index (κ2) is 7.48. The molecule has 1 aromatic carbocycles. The molecular weight excluding hydrogens is 378 g/mol. The molecule has 4 rings (SSSR count). The highest BCUT2D eigenvalue weighted by Gasteiger charge is 2.22. The van der Waals surface area contributed by atoms with Crippen LogP contribution in [-0.2, 0) is 0 Å². The van der Waals surface area contributed by atoms with Crippen molar-refractivity contribution in [1.29, 1.82) is 0 Å². The molecule has 3 heterocycles. The smallest absolute Gasteiger partial charge is 0.259 e. The number of aryl methyl sites for hydroxylation is 1. The van der Waals surface area contributed by atoms with Gasteiger partial charge in [0.15, 0.2) is 5.76 Å². The van der Waals surface area contributed by atoms with Crippen molar-refractivity contribution in [3.8, 4) is 11.5 Å². The summed E-state index contributed by atoms with van der Waals surface area (Å²) < 4.78 is 10.7. The zero-order chi connectivity index (χ0) is 19.7. The summed E-state index contributed by atoms with van der Waals surface area (Å²) >= 11 is 5.98. The molecule has 1 unspecified atom stereocenters. The normalized spacial score (nSPS) is 12.2. The molecular formula is C21H18ClN3O3. The van der Waals surface area contributed by atoms with Gasteiger partial charge in [-0.15, -0.1) is 0 Å². The fraction of sp³-hybridized carbons (Fsp3) is 0.190. The van der Waals surface area contributed by atoms with Crippen molar-refractivity contribution < 1.29 is 13.7 Å². The highest BCUT2D eigenvalue weighted by molar-refractivity contribution is 6.30. The van der Waals surface area contributed by atoms with Crippen LogP contribution in [-0.4, -0.2) is 16.0 Å². The number of rotatable bonds is 5. The van der Waals surface area contributed by atoms with Crippen molar-refractivity contribution in [2.24, 2.45) is 0 Å². The van der Waals surface area contributed by atoms with Gasteiger partial charge in [0, 0.05) is 5.02 Å². The van der Waals surface area contributed by atoms with E-state index in [9.17, 15) is 4.79 Å². The SMILES string of the molecule is CCC(NC(=O)c1cc(-c2ccco2)nc2onc(C)c12)c1ccc(Cl)cc1. The topological polar surface area (TPSA) is 81.2 Å². The van der Waals surface area contributed by atoms with Crippen LogP contribution in [0.4, 0.5) is 0 Å². The molecule has 142 valence electrons. The first-order valence-electron chi connectivity index (χ1n) is 8.94. The van der Waals surface area contributed by atoms with E-state index in [2.05, 4.69) is 15.5 Å². The van der Waals surface area contributed by atoms with E-state index in [1.165, 1.54) is 0 Å². The zero-order valence-corrected chi connectivity index (χ0v) is 16.2. The van der Waals surface area contributed by atoms with E-state index >= 15 is 0 Å². The van der Waals surface area contributed by atoms with Crippen molar-refractivity contribution in [2.45, 2.75) is 26.3 Å². The van der Waals surface area contributed by atoms with Gasteiger partial charge in [0.05, 0.1) is 28.9 Å². The Labute approximate surface area is 166 Å². The van der Waals surface area contributed by atoms with Gasteiger partial charge in [-0.2, -0.15) is 0 Å². The Morgan fingerprint density at radius 3 is 2.71 bits per heavy atom. The summed E-state index contributed by atoms with van der Waals surface area (Å²) in [5.74, 6) is 0.322. The fourth-order valence-electron chi connectivity index (χ4n) is 3.18. The number of carbonyl (C=O) groups is 1. The second-order valence-corrected chi connectivity index (χ2v) is 6.90. The lowest BCUT2D eigenvalue weighted by atomic mass is 10.0. The molecule has 0 bridgehead atoms. The molecule has 0 saturated carbocycles. The number of halogens is 1. The maximum atomic E-state index is 13.2. The van der Waals surface area contributed by atoms with E-state index in [-0.39, 0.29) is 11.9 Å². The minimum atomic E-state index is -0.228. The summed E-state index contributed by atoms with van der Waals surface area (Å²) in [4.78, 5) is 17.6. The summed E-state index contributed by atoms with van der Waals surface area (Å²) in [6.45, 7) is 3.80. The average Bonchev–Trinajstić information content (AvgIpc) is 3.36. The number of nitrogens with one attached hydrogen (secondary N) is 1. The zero-order valence-electron chi connectivity index (χ0n) is 15.4. The van der Waals surface area contributed by atoms with E-state index in [4.69, 9.17) is 20.5 Å². The molecule has 0 saturated heterocycles. The number of aromatic nitrogens is 2. The quantitative estimate of drug-likeness (QED) is 0.494. The molecule has 1 amide bonds. The van der Waals surface area contributed by atoms with Crippen LogP contribution in [0, 0.1) is 6.92 Å². The molecule has 0 aliphatic carbocycles. The summed E-state index contributed by atoms with van der Waals surface area (Å²) in [5, 5.41) is 8.31. The number of pyridine rings is 1. The van der Waals surface area contributed by atoms with Crippen molar-refractivity contribution in [3.05, 3.63) is 70.6 Å². The summed E-state index contributed by atoms with van der Waals surface area (Å²) in [7, 11) is 0. The Kier molecular flexibility index (Phi) is 4.88. The Morgan fingerprint density at radius 1 is 1.25 bits per heavy atom. The lowest BCUT2D eigenvalue weighted by Crippen LogP contribution is -2.28. The van der Waals surface area contributed by atoms with Crippen LogP contribution >= 0.6 is 11.6 Å². The molecule has 28 heavy (non-hydrogen) atoms. The molecule has 3 aromatic heterocycles. The van der Waals surface area contributed by atoms with E-state index in [0.717, 1.165) is 12.0 Å². The van der Waals surface area contributed by atoms with Crippen LogP contribution in [0.1, 0.15) is 41.0 Å². The van der Waals surface area contributed by atoms with Crippen molar-refractivity contribution in [1.82, 2.24) is 15.5 Å². The third kappa shape index (κ3) is 3.39. The molecule has 1 atom stereocenters. The van der Waals surface area contributed by atoms with Crippen LogP contribution in [0.2, 0.25) is 5.02 Å². The molecule has 0 radical (unpaired) electrons. The van der Waals surface area contributed by atoms with Gasteiger partial charge in [0.2, 0.25) is 0 Å². The molecule has 7 heteroatoms. The minimum Gasteiger partial charge on any atom is -0.463 e. The summed E-state index contributed by atoms with van der Waals surface area (Å²) in [5.41, 5.74) is 2.86. The molecule has 1 N–H and O–H groups in total. The Hall–Kier alpha value is -3.12. The van der Waals surface area contributed by atoms with Gasteiger partial charge < -0.3 is 14.3 Å². The number of hydrogen-bond donors (Lipinski definition) is 1. The van der Waals surface area contributed by atoms with E-state index in [1.807, 2.05) is 31.2 Å². The first-order chi connectivity index (χ1) is 13.6. The number of nitrogens with zero attached hydrogens (tertiary/aromatic N) is 2. The van der Waals surface area contributed by atoms with Crippen LogP contribution in [0.5, 0.6) is 0 Å². The van der Waals surface area contributed by atoms with Gasteiger partial charge in [-0.25, -0.2) is 4.98 Å². The van der Waals surface area contributed by atoms with Crippen molar-refractivity contribution >= 4 is 28.6 Å². The van der Waals surface area contributed by atoms with Crippen LogP contribution in [0.3, 0.4) is 0 Å². The number of benzene rings is 1. The highest BCUT2D eigenvalue weighted by atomic mass is 35.5. The summed E-state index contributed by atoms with van der Waals surface area (Å²) in [6, 6.07) is 12.6. The van der Waals surface area contributed by atoms with Gasteiger partial charge in [0.1, 0.15) is 5.69 Å². The molecule has 0 aliphatic rings. The Balaban J connectivity index is 1.73. The van der Waals surface area contributed by atoms with Crippen molar-refractivity contribution in [3.63, 3.8) is 0 Å². The van der Waals surface area contributed by atoms with E-state index < -0.39 is 0 Å². The third-order valence-corrected chi connectivity index (χ3v) is 4.87. The van der Waals surface area contributed by atoms with E-state index in [0.29, 0.717) is 38.8 Å². The molecule has 0 aliphatic heterocycles. The number of carbonyl (C=O) groups excluding carboxylic acids is 1. The van der Waals surface area contributed by atoms with Gasteiger partial charge in [-0.1, -0.05) is 35.8 Å². The predicted octanol–water partition coefficient (Wildman–Crippen LogP) is 5.33. The highest BCUT2D eigenvalue weighted by Crippen LogP contribution is 2.28. The monoisotopic (exact) mass is 395 g/mol. The lowest BCUT2D eigenvalue weighted by Gasteiger charge is -2.18. The fourth-order valence-corrected chi connectivity index (χ4v) is 3.30. The number of amides is 1. The Morgan fingerprint density at radius 2 is 2.04 bits per heavy atom. The van der Waals surface area contributed by atoms with Gasteiger partial charge in [0.25, 0.3) is 11.6 Å². The third-order valence-electron chi connectivity index (χ3n) is 4.62. The maximum Gasteiger partial charge on any atom is 0.259 e. The number of furan rings is 1. The first kappa shape index (κ1) is 18.3. The lowest BCUT2D eigenvalue weighted by molar-refractivity contribution is 0.0937. The minimum absolute atomic E-state index is 0.153. The van der Waals surface area contributed by atoms with Crippen molar-refractivity contribution in [2.75, 3.05) is 0 Å². The summed E-state index contributed by atoms with van der Waals surface area (Å²) in [6.07, 6.45) is 2.29. The second-order valence-electron chi connectivity index (χ2n) is 6.47. The number of hydrogen-bond acceptors (Lipinski definition) is 5. The van der Waals surface area contributed by atoms with Gasteiger partial charge in [-0.3, -0.25) is 4.79 Å². The largest absolute Gasteiger partial charge is 0.463 e. The van der Waals surface area contributed by atoms with Crippen LogP contribution in [0.15, 0.2) is 57.7 Å². The molecule has 0 fully saturated rings. The van der Waals surface area contributed by atoms with Gasteiger partial charge >= 0.3 is 0 Å². The van der Waals surface area contributed by atoms with E-state index in [1.54, 1.807) is 31.4 Å². The van der Waals surface area contributed by atoms with Gasteiger partial charge in [-0.05, 0) is 49.2 Å². The maximum absolute atomic E-state index is 13.2. The molecule has 4 aromatic rings. The first-order valence-corrected chi connectivity index (χ1v) is 9.32. The standard InChI is InChI=1S/C21H18ClN3O3/c1-3-16(13-6-8-14(22)9-7-13)23-20(26)15-11-17(18-5-4-10-27-18)24-21-19(15)12(2)25-28-21/h4-11,16H,3H2,1-2H3,(H,23,26). The van der Waals surface area contributed by atoms with Crippen LogP contribution < -0.4 is 5.32 Å². The number of fused-ring (bicyclic) bond motifs is 1. The van der Waals surface area contributed by atoms with Crippen LogP contribution in [0.25, 0.3) is 22.6 Å².